The van der Waals surface area contributed by atoms with Crippen molar-refractivity contribution in [1.29, 1.82) is 0 Å². The quantitative estimate of drug-likeness (QED) is 0.843. The molecule has 0 aliphatic carbocycles. The molecule has 18 heavy (non-hydrogen) atoms. The summed E-state index contributed by atoms with van der Waals surface area (Å²) in [5, 5.41) is 3.30. The second kappa shape index (κ2) is 5.71. The van der Waals surface area contributed by atoms with E-state index in [-0.39, 0.29) is 6.04 Å². The maximum Gasteiger partial charge on any atom is 0.149 e. The normalized spacial score (nSPS) is 12.2. The molecule has 1 aromatic heterocycles. The highest BCUT2D eigenvalue weighted by atomic mass is 79.9. The van der Waals surface area contributed by atoms with Gasteiger partial charge in [-0.1, -0.05) is 28.1 Å². The van der Waals surface area contributed by atoms with Crippen molar-refractivity contribution in [2.45, 2.75) is 13.0 Å². The zero-order valence-electron chi connectivity index (χ0n) is 9.82. The van der Waals surface area contributed by atoms with Crippen LogP contribution in [0.2, 0.25) is 0 Å². The van der Waals surface area contributed by atoms with E-state index >= 15 is 0 Å². The number of aromatic nitrogens is 1. The molecule has 0 spiro atoms. The average molecular weight is 371 g/mol. The first-order valence-electron chi connectivity index (χ1n) is 5.49. The largest absolute Gasteiger partial charge is 0.396 e. The molecule has 1 aromatic carbocycles. The van der Waals surface area contributed by atoms with Gasteiger partial charge >= 0.3 is 0 Å². The number of anilines is 2. The summed E-state index contributed by atoms with van der Waals surface area (Å²) < 4.78 is 1.94. The van der Waals surface area contributed by atoms with Crippen LogP contribution in [0.25, 0.3) is 0 Å². The number of pyridine rings is 1. The van der Waals surface area contributed by atoms with Crippen molar-refractivity contribution in [3.63, 3.8) is 0 Å². The molecule has 0 fully saturated rings. The first-order valence-corrected chi connectivity index (χ1v) is 7.08. The van der Waals surface area contributed by atoms with Crippen LogP contribution in [0.1, 0.15) is 18.5 Å². The van der Waals surface area contributed by atoms with E-state index in [9.17, 15) is 0 Å². The van der Waals surface area contributed by atoms with Gasteiger partial charge in [0.1, 0.15) is 5.82 Å². The van der Waals surface area contributed by atoms with Crippen LogP contribution >= 0.6 is 31.9 Å². The van der Waals surface area contributed by atoms with Crippen molar-refractivity contribution >= 4 is 43.4 Å². The fourth-order valence-corrected chi connectivity index (χ4v) is 2.41. The predicted octanol–water partition coefficient (Wildman–Crippen LogP) is 4.36. The van der Waals surface area contributed by atoms with Crippen molar-refractivity contribution in [3.05, 3.63) is 51.0 Å². The second-order valence-electron chi connectivity index (χ2n) is 4.01. The summed E-state index contributed by atoms with van der Waals surface area (Å²) in [6.45, 7) is 2.07. The lowest BCUT2D eigenvalue weighted by atomic mass is 10.1. The Morgan fingerprint density at radius 3 is 2.67 bits per heavy atom. The maximum atomic E-state index is 5.91. The van der Waals surface area contributed by atoms with Gasteiger partial charge in [-0.15, -0.1) is 0 Å². The third kappa shape index (κ3) is 3.23. The third-order valence-corrected chi connectivity index (χ3v) is 3.51. The van der Waals surface area contributed by atoms with Gasteiger partial charge < -0.3 is 11.1 Å². The second-order valence-corrected chi connectivity index (χ2v) is 5.84. The fraction of sp³-hybridized carbons (Fsp3) is 0.154. The van der Waals surface area contributed by atoms with Gasteiger partial charge in [0.05, 0.1) is 11.7 Å². The van der Waals surface area contributed by atoms with Gasteiger partial charge in [-0.25, -0.2) is 4.98 Å². The van der Waals surface area contributed by atoms with E-state index in [1.807, 2.05) is 18.2 Å². The van der Waals surface area contributed by atoms with E-state index in [1.165, 1.54) is 5.56 Å². The summed E-state index contributed by atoms with van der Waals surface area (Å²) in [6, 6.07) is 10.1. The molecule has 1 heterocycles. The zero-order chi connectivity index (χ0) is 13.1. The number of halogens is 2. The maximum absolute atomic E-state index is 5.91. The fourth-order valence-electron chi connectivity index (χ4n) is 1.64. The Balaban J connectivity index is 2.18. The lowest BCUT2D eigenvalue weighted by Crippen LogP contribution is -2.09. The monoisotopic (exact) mass is 369 g/mol. The number of nitrogens with one attached hydrogen (secondary N) is 1. The van der Waals surface area contributed by atoms with E-state index in [1.54, 1.807) is 6.20 Å². The zero-order valence-corrected chi connectivity index (χ0v) is 13.0. The Morgan fingerprint density at radius 2 is 2.00 bits per heavy atom. The highest BCUT2D eigenvalue weighted by Crippen LogP contribution is 2.25. The first kappa shape index (κ1) is 13.4. The van der Waals surface area contributed by atoms with Gasteiger partial charge in [0.2, 0.25) is 0 Å². The molecule has 0 bridgehead atoms. The van der Waals surface area contributed by atoms with Gasteiger partial charge in [-0.05, 0) is 46.6 Å². The van der Waals surface area contributed by atoms with Crippen LogP contribution in [-0.4, -0.2) is 4.98 Å². The molecule has 94 valence electrons. The van der Waals surface area contributed by atoms with Crippen LogP contribution < -0.4 is 11.1 Å². The van der Waals surface area contributed by atoms with Crippen molar-refractivity contribution < 1.29 is 0 Å². The van der Waals surface area contributed by atoms with Crippen LogP contribution in [0.3, 0.4) is 0 Å². The highest BCUT2D eigenvalue weighted by Gasteiger charge is 2.08. The Bertz CT molecular complexity index is 558. The Morgan fingerprint density at radius 1 is 1.22 bits per heavy atom. The third-order valence-electron chi connectivity index (χ3n) is 2.59. The van der Waals surface area contributed by atoms with Gasteiger partial charge in [0.15, 0.2) is 0 Å². The predicted molar refractivity (Wildman–Crippen MR) is 82.5 cm³/mol. The van der Waals surface area contributed by atoms with Crippen molar-refractivity contribution in [2.24, 2.45) is 0 Å². The minimum Gasteiger partial charge on any atom is -0.396 e. The van der Waals surface area contributed by atoms with Crippen LogP contribution in [0.15, 0.2) is 45.5 Å². The number of benzene rings is 1. The van der Waals surface area contributed by atoms with E-state index < -0.39 is 0 Å². The summed E-state index contributed by atoms with van der Waals surface area (Å²) in [7, 11) is 0. The Labute approximate surface area is 123 Å². The van der Waals surface area contributed by atoms with E-state index in [0.717, 1.165) is 8.95 Å². The van der Waals surface area contributed by atoms with Crippen LogP contribution in [0, 0.1) is 0 Å². The molecular weight excluding hydrogens is 358 g/mol. The Kier molecular flexibility index (Phi) is 4.24. The molecule has 0 radical (unpaired) electrons. The molecule has 3 nitrogen and oxygen atoms in total. The molecule has 0 saturated heterocycles. The topological polar surface area (TPSA) is 50.9 Å². The molecular formula is C13H13Br2N3. The molecule has 5 heteroatoms. The number of nitrogens with zero attached hydrogens (tertiary/aromatic N) is 1. The van der Waals surface area contributed by atoms with Crippen LogP contribution in [-0.2, 0) is 0 Å². The van der Waals surface area contributed by atoms with Gasteiger partial charge in [-0.2, -0.15) is 0 Å². The molecule has 0 aliphatic heterocycles. The standard InChI is InChI=1S/C13H13Br2N3/c1-8(9-3-2-4-10(14)5-9)18-13-12(16)6-11(15)7-17-13/h2-8H,16H2,1H3,(H,17,18). The number of rotatable bonds is 3. The number of hydrogen-bond acceptors (Lipinski definition) is 3. The average Bonchev–Trinajstić information content (AvgIpc) is 2.32. The Hall–Kier alpha value is -1.07. The molecule has 1 unspecified atom stereocenters. The van der Waals surface area contributed by atoms with Gasteiger partial charge in [-0.3, -0.25) is 0 Å². The minimum absolute atomic E-state index is 0.137. The molecule has 0 amide bonds. The molecule has 1 atom stereocenters. The van der Waals surface area contributed by atoms with E-state index in [2.05, 4.69) is 61.2 Å². The highest BCUT2D eigenvalue weighted by molar-refractivity contribution is 9.10. The van der Waals surface area contributed by atoms with E-state index in [4.69, 9.17) is 5.73 Å². The molecule has 0 saturated carbocycles. The van der Waals surface area contributed by atoms with Crippen molar-refractivity contribution in [3.8, 4) is 0 Å². The van der Waals surface area contributed by atoms with Crippen LogP contribution in [0.4, 0.5) is 11.5 Å². The SMILES string of the molecule is CC(Nc1ncc(Br)cc1N)c1cccc(Br)c1. The molecule has 3 N–H and O–H groups in total. The number of nitrogen functional groups attached to an aromatic ring is 1. The van der Waals surface area contributed by atoms with Gasteiger partial charge in [0, 0.05) is 15.1 Å². The number of nitrogens with two attached hydrogens (primary N) is 1. The van der Waals surface area contributed by atoms with Crippen molar-refractivity contribution in [1.82, 2.24) is 4.98 Å². The first-order chi connectivity index (χ1) is 8.56. The minimum atomic E-state index is 0.137. The summed E-state index contributed by atoms with van der Waals surface area (Å²) >= 11 is 6.81. The molecule has 2 rings (SSSR count). The van der Waals surface area contributed by atoms with E-state index in [0.29, 0.717) is 11.5 Å². The summed E-state index contributed by atoms with van der Waals surface area (Å²) in [6.07, 6.45) is 1.73. The lowest BCUT2D eigenvalue weighted by Gasteiger charge is -2.16. The molecule has 2 aromatic rings. The van der Waals surface area contributed by atoms with Crippen LogP contribution in [0.5, 0.6) is 0 Å². The smallest absolute Gasteiger partial charge is 0.149 e. The summed E-state index contributed by atoms with van der Waals surface area (Å²) in [4.78, 5) is 4.27. The number of hydrogen-bond donors (Lipinski definition) is 2. The summed E-state index contributed by atoms with van der Waals surface area (Å²) in [5.74, 6) is 0.700. The summed E-state index contributed by atoms with van der Waals surface area (Å²) in [5.41, 5.74) is 7.72. The lowest BCUT2D eigenvalue weighted by molar-refractivity contribution is 0.874. The van der Waals surface area contributed by atoms with Gasteiger partial charge in [0.25, 0.3) is 0 Å². The van der Waals surface area contributed by atoms with Crippen molar-refractivity contribution in [2.75, 3.05) is 11.1 Å². The molecule has 0 aliphatic rings.